The number of anilines is 2. The van der Waals surface area contributed by atoms with Gasteiger partial charge in [-0.05, 0) is 31.9 Å². The fourth-order valence-electron chi connectivity index (χ4n) is 2.29. The molecule has 1 saturated heterocycles. The van der Waals surface area contributed by atoms with Crippen molar-refractivity contribution in [1.82, 2.24) is 4.98 Å². The van der Waals surface area contributed by atoms with E-state index < -0.39 is 0 Å². The van der Waals surface area contributed by atoms with Gasteiger partial charge >= 0.3 is 0 Å². The monoisotopic (exact) mass is 221 g/mol. The Balaban J connectivity index is 2.14. The predicted octanol–water partition coefficient (Wildman–Crippen LogP) is 1.18. The van der Waals surface area contributed by atoms with E-state index in [-0.39, 0.29) is 6.10 Å². The number of nitrogen functional groups attached to an aromatic ring is 1. The largest absolute Gasteiger partial charge is 0.397 e. The Hall–Kier alpha value is -1.29. The Bertz CT molecular complexity index is 379. The highest BCUT2D eigenvalue weighted by Crippen LogP contribution is 2.27. The molecule has 88 valence electrons. The van der Waals surface area contributed by atoms with Crippen molar-refractivity contribution in [3.05, 3.63) is 17.8 Å². The Morgan fingerprint density at radius 3 is 2.94 bits per heavy atom. The summed E-state index contributed by atoms with van der Waals surface area (Å²) in [6.07, 6.45) is 2.49. The Kier molecular flexibility index (Phi) is 3.01. The molecule has 3 N–H and O–H groups in total. The van der Waals surface area contributed by atoms with Crippen LogP contribution in [-0.2, 0) is 0 Å². The first-order chi connectivity index (χ1) is 7.58. The van der Waals surface area contributed by atoms with Gasteiger partial charge in [-0.1, -0.05) is 0 Å². The van der Waals surface area contributed by atoms with Gasteiger partial charge in [0.25, 0.3) is 0 Å². The van der Waals surface area contributed by atoms with Crippen LogP contribution in [0.1, 0.15) is 18.9 Å². The summed E-state index contributed by atoms with van der Waals surface area (Å²) in [5.74, 6) is 1.36. The van der Waals surface area contributed by atoms with Gasteiger partial charge in [0.05, 0.1) is 18.0 Å². The molecule has 2 unspecified atom stereocenters. The fourth-order valence-corrected chi connectivity index (χ4v) is 2.29. The van der Waals surface area contributed by atoms with Crippen LogP contribution in [-0.4, -0.2) is 29.3 Å². The van der Waals surface area contributed by atoms with Gasteiger partial charge in [0.2, 0.25) is 0 Å². The summed E-state index contributed by atoms with van der Waals surface area (Å²) in [7, 11) is 0. The first kappa shape index (κ1) is 11.2. The lowest BCUT2D eigenvalue weighted by Gasteiger charge is -2.20. The molecule has 0 aliphatic carbocycles. The van der Waals surface area contributed by atoms with Crippen molar-refractivity contribution < 1.29 is 5.11 Å². The van der Waals surface area contributed by atoms with E-state index in [1.54, 1.807) is 6.20 Å². The third kappa shape index (κ3) is 2.11. The zero-order chi connectivity index (χ0) is 11.7. The minimum absolute atomic E-state index is 0.237. The summed E-state index contributed by atoms with van der Waals surface area (Å²) in [4.78, 5) is 6.60. The quantitative estimate of drug-likeness (QED) is 0.787. The van der Waals surface area contributed by atoms with Crippen LogP contribution >= 0.6 is 0 Å². The molecule has 0 saturated carbocycles. The van der Waals surface area contributed by atoms with E-state index in [1.807, 2.05) is 19.9 Å². The highest BCUT2D eigenvalue weighted by molar-refractivity contribution is 5.53. The molecule has 1 aliphatic heterocycles. The molecule has 0 bridgehead atoms. The lowest BCUT2D eigenvalue weighted by atomic mass is 10.0. The second kappa shape index (κ2) is 4.29. The van der Waals surface area contributed by atoms with Crippen LogP contribution in [0.3, 0.4) is 0 Å². The van der Waals surface area contributed by atoms with Crippen LogP contribution in [0.2, 0.25) is 0 Å². The molecule has 4 nitrogen and oxygen atoms in total. The fraction of sp³-hybridized carbons (Fsp3) is 0.583. The molecular formula is C12H19N3O. The molecule has 1 fully saturated rings. The molecule has 1 aliphatic rings. The van der Waals surface area contributed by atoms with Crippen LogP contribution < -0.4 is 10.6 Å². The van der Waals surface area contributed by atoms with Gasteiger partial charge in [0.1, 0.15) is 5.82 Å². The van der Waals surface area contributed by atoms with Crippen LogP contribution in [0.5, 0.6) is 0 Å². The molecule has 16 heavy (non-hydrogen) atoms. The number of aliphatic hydroxyl groups is 1. The predicted molar refractivity (Wildman–Crippen MR) is 65.4 cm³/mol. The van der Waals surface area contributed by atoms with E-state index in [2.05, 4.69) is 9.88 Å². The molecule has 1 aromatic heterocycles. The molecule has 2 rings (SSSR count). The van der Waals surface area contributed by atoms with Crippen molar-refractivity contribution in [2.75, 3.05) is 23.7 Å². The van der Waals surface area contributed by atoms with Crippen LogP contribution in [0.4, 0.5) is 11.5 Å². The second-order valence-electron chi connectivity index (χ2n) is 4.64. The van der Waals surface area contributed by atoms with Crippen molar-refractivity contribution >= 4 is 11.5 Å². The number of aryl methyl sites for hydroxylation is 1. The number of aliphatic hydroxyl groups excluding tert-OH is 1. The Morgan fingerprint density at radius 1 is 1.62 bits per heavy atom. The average molecular weight is 221 g/mol. The highest BCUT2D eigenvalue weighted by Gasteiger charge is 2.27. The van der Waals surface area contributed by atoms with E-state index in [4.69, 9.17) is 5.73 Å². The lowest BCUT2D eigenvalue weighted by molar-refractivity contribution is 0.136. The molecule has 0 spiro atoms. The third-order valence-electron chi connectivity index (χ3n) is 3.28. The van der Waals surface area contributed by atoms with Crippen LogP contribution in [0, 0.1) is 12.8 Å². The van der Waals surface area contributed by atoms with E-state index in [0.717, 1.165) is 30.9 Å². The number of hydrogen-bond donors (Lipinski definition) is 2. The van der Waals surface area contributed by atoms with Gasteiger partial charge < -0.3 is 15.7 Å². The summed E-state index contributed by atoms with van der Waals surface area (Å²) in [6.45, 7) is 5.73. The molecule has 0 aromatic carbocycles. The van der Waals surface area contributed by atoms with Crippen LogP contribution in [0.25, 0.3) is 0 Å². The zero-order valence-corrected chi connectivity index (χ0v) is 9.85. The zero-order valence-electron chi connectivity index (χ0n) is 9.85. The Morgan fingerprint density at radius 2 is 2.38 bits per heavy atom. The summed E-state index contributed by atoms with van der Waals surface area (Å²) in [6, 6.07) is 1.94. The van der Waals surface area contributed by atoms with Crippen molar-refractivity contribution in [1.29, 1.82) is 0 Å². The third-order valence-corrected chi connectivity index (χ3v) is 3.28. The maximum atomic E-state index is 9.56. The summed E-state index contributed by atoms with van der Waals surface area (Å²) in [5, 5.41) is 9.56. The highest BCUT2D eigenvalue weighted by atomic mass is 16.3. The molecule has 0 radical (unpaired) electrons. The van der Waals surface area contributed by atoms with Gasteiger partial charge in [-0.15, -0.1) is 0 Å². The van der Waals surface area contributed by atoms with Crippen molar-refractivity contribution in [2.45, 2.75) is 26.4 Å². The maximum Gasteiger partial charge on any atom is 0.131 e. The number of nitrogens with two attached hydrogens (primary N) is 1. The van der Waals surface area contributed by atoms with Gasteiger partial charge in [-0.3, -0.25) is 0 Å². The number of hydrogen-bond acceptors (Lipinski definition) is 4. The van der Waals surface area contributed by atoms with Crippen LogP contribution in [0.15, 0.2) is 12.3 Å². The summed E-state index contributed by atoms with van der Waals surface area (Å²) in [5.41, 5.74) is 7.49. The minimum atomic E-state index is -0.237. The van der Waals surface area contributed by atoms with Crippen molar-refractivity contribution in [3.8, 4) is 0 Å². The topological polar surface area (TPSA) is 62.4 Å². The Labute approximate surface area is 96.1 Å². The first-order valence-electron chi connectivity index (χ1n) is 5.73. The first-order valence-corrected chi connectivity index (χ1v) is 5.73. The molecule has 1 aromatic rings. The van der Waals surface area contributed by atoms with Gasteiger partial charge in [-0.2, -0.15) is 0 Å². The minimum Gasteiger partial charge on any atom is -0.397 e. The SMILES string of the molecule is Cc1cc(N)cnc1N1CCC(C(C)O)C1. The molecule has 4 heteroatoms. The molecule has 2 heterocycles. The van der Waals surface area contributed by atoms with Gasteiger partial charge in [0, 0.05) is 19.0 Å². The van der Waals surface area contributed by atoms with E-state index in [0.29, 0.717) is 11.6 Å². The molecular weight excluding hydrogens is 202 g/mol. The number of nitrogens with zero attached hydrogens (tertiary/aromatic N) is 2. The van der Waals surface area contributed by atoms with E-state index in [1.165, 1.54) is 0 Å². The number of aromatic nitrogens is 1. The summed E-state index contributed by atoms with van der Waals surface area (Å²) < 4.78 is 0. The number of pyridine rings is 1. The van der Waals surface area contributed by atoms with Gasteiger partial charge in [-0.25, -0.2) is 4.98 Å². The van der Waals surface area contributed by atoms with Gasteiger partial charge in [0.15, 0.2) is 0 Å². The molecule has 0 amide bonds. The maximum absolute atomic E-state index is 9.56. The van der Waals surface area contributed by atoms with Crippen molar-refractivity contribution in [2.24, 2.45) is 5.92 Å². The van der Waals surface area contributed by atoms with Crippen molar-refractivity contribution in [3.63, 3.8) is 0 Å². The second-order valence-corrected chi connectivity index (χ2v) is 4.64. The smallest absolute Gasteiger partial charge is 0.131 e. The van der Waals surface area contributed by atoms with E-state index in [9.17, 15) is 5.11 Å². The normalized spacial score (nSPS) is 22.4. The lowest BCUT2D eigenvalue weighted by Crippen LogP contribution is -2.25. The average Bonchev–Trinajstić information content (AvgIpc) is 2.66. The standard InChI is InChI=1S/C12H19N3O/c1-8-5-11(13)6-14-12(8)15-4-3-10(7-15)9(2)16/h5-6,9-10,16H,3-4,7,13H2,1-2H3. The molecule has 2 atom stereocenters. The van der Waals surface area contributed by atoms with E-state index >= 15 is 0 Å². The number of rotatable bonds is 2. The summed E-state index contributed by atoms with van der Waals surface area (Å²) >= 11 is 0.